The van der Waals surface area contributed by atoms with Gasteiger partial charge in [0.05, 0.1) is 31.4 Å². The van der Waals surface area contributed by atoms with Crippen molar-refractivity contribution in [2.24, 2.45) is 5.92 Å². The van der Waals surface area contributed by atoms with Crippen LogP contribution < -0.4 is 14.8 Å². The fourth-order valence-electron chi connectivity index (χ4n) is 2.73. The predicted molar refractivity (Wildman–Crippen MR) is 109 cm³/mol. The van der Waals surface area contributed by atoms with Gasteiger partial charge in [-0.3, -0.25) is 4.79 Å². The van der Waals surface area contributed by atoms with E-state index in [9.17, 15) is 4.79 Å². The van der Waals surface area contributed by atoms with E-state index in [4.69, 9.17) is 14.7 Å². The lowest BCUT2D eigenvalue weighted by molar-refractivity contribution is -0.121. The molecule has 0 unspecified atom stereocenters. The van der Waals surface area contributed by atoms with E-state index in [1.54, 1.807) is 19.2 Å². The van der Waals surface area contributed by atoms with Crippen molar-refractivity contribution >= 4 is 5.91 Å². The fraction of sp³-hybridized carbons (Fsp3) is 0.391. The van der Waals surface area contributed by atoms with E-state index >= 15 is 0 Å². The Bertz CT molecular complexity index is 823. The van der Waals surface area contributed by atoms with Crippen molar-refractivity contribution in [1.29, 1.82) is 5.26 Å². The number of aryl methyl sites for hydroxylation is 1. The third-order valence-electron chi connectivity index (χ3n) is 4.36. The molecule has 2 aromatic rings. The Labute approximate surface area is 167 Å². The molecular weight excluding hydrogens is 352 g/mol. The molecule has 0 spiro atoms. The highest BCUT2D eigenvalue weighted by Gasteiger charge is 2.13. The van der Waals surface area contributed by atoms with Gasteiger partial charge in [-0.1, -0.05) is 32.0 Å². The Balaban J connectivity index is 1.92. The normalized spacial score (nSPS) is 11.6. The first-order chi connectivity index (χ1) is 13.4. The molecule has 148 valence electrons. The number of rotatable bonds is 9. The van der Waals surface area contributed by atoms with Crippen LogP contribution in [0.4, 0.5) is 0 Å². The lowest BCUT2D eigenvalue weighted by atomic mass is 10.1. The Hall–Kier alpha value is -3.00. The van der Waals surface area contributed by atoms with Crippen molar-refractivity contribution in [3.05, 3.63) is 59.2 Å². The topological polar surface area (TPSA) is 71.3 Å². The first-order valence-corrected chi connectivity index (χ1v) is 9.52. The molecule has 0 aliphatic carbocycles. The molecule has 5 nitrogen and oxygen atoms in total. The summed E-state index contributed by atoms with van der Waals surface area (Å²) < 4.78 is 11.2. The van der Waals surface area contributed by atoms with E-state index in [1.165, 1.54) is 0 Å². The van der Waals surface area contributed by atoms with Crippen LogP contribution in [0, 0.1) is 17.2 Å². The van der Waals surface area contributed by atoms with Gasteiger partial charge in [-0.05, 0) is 54.7 Å². The molecule has 0 aliphatic rings. The summed E-state index contributed by atoms with van der Waals surface area (Å²) >= 11 is 0. The highest BCUT2D eigenvalue weighted by Crippen LogP contribution is 2.30. The average molecular weight is 380 g/mol. The smallest absolute Gasteiger partial charge is 0.220 e. The van der Waals surface area contributed by atoms with Crippen molar-refractivity contribution in [1.82, 2.24) is 5.32 Å². The predicted octanol–water partition coefficient (Wildman–Crippen LogP) is 4.41. The third-order valence-corrected chi connectivity index (χ3v) is 4.36. The molecule has 0 aliphatic heterocycles. The number of nitrogens with one attached hydrogen (secondary N) is 1. The van der Waals surface area contributed by atoms with E-state index in [0.717, 1.165) is 11.1 Å². The van der Waals surface area contributed by atoms with Gasteiger partial charge in [0.25, 0.3) is 0 Å². The number of carbonyl (C=O) groups is 1. The molecule has 0 aromatic heterocycles. The summed E-state index contributed by atoms with van der Waals surface area (Å²) in [5.74, 6) is 1.78. The number of hydrogen-bond acceptors (Lipinski definition) is 4. The number of methoxy groups -OCH3 is 1. The molecule has 1 amide bonds. The molecule has 2 aromatic carbocycles. The molecule has 2 rings (SSSR count). The number of hydrogen-bond donors (Lipinski definition) is 1. The average Bonchev–Trinajstić information content (AvgIpc) is 2.70. The number of nitriles is 1. The monoisotopic (exact) mass is 380 g/mol. The lowest BCUT2D eigenvalue weighted by Crippen LogP contribution is -2.26. The van der Waals surface area contributed by atoms with Gasteiger partial charge in [-0.15, -0.1) is 0 Å². The van der Waals surface area contributed by atoms with Gasteiger partial charge >= 0.3 is 0 Å². The minimum atomic E-state index is -0.137. The summed E-state index contributed by atoms with van der Waals surface area (Å²) in [5.41, 5.74) is 2.62. The van der Waals surface area contributed by atoms with E-state index < -0.39 is 0 Å². The zero-order valence-electron chi connectivity index (χ0n) is 17.0. The largest absolute Gasteiger partial charge is 0.493 e. The lowest BCUT2D eigenvalue weighted by Gasteiger charge is -2.18. The minimum Gasteiger partial charge on any atom is -0.493 e. The van der Waals surface area contributed by atoms with E-state index in [0.29, 0.717) is 42.4 Å². The second kappa shape index (κ2) is 10.4. The Kier molecular flexibility index (Phi) is 7.88. The number of benzene rings is 2. The summed E-state index contributed by atoms with van der Waals surface area (Å²) in [6.45, 7) is 6.76. The first-order valence-electron chi connectivity index (χ1n) is 9.52. The zero-order valence-corrected chi connectivity index (χ0v) is 17.0. The molecule has 0 heterocycles. The number of carbonyl (C=O) groups excluding carboxylic acids is 1. The number of nitrogens with zero attached hydrogens (tertiary/aromatic N) is 1. The third kappa shape index (κ3) is 6.31. The summed E-state index contributed by atoms with van der Waals surface area (Å²) in [6.07, 6.45) is 1.03. The highest BCUT2D eigenvalue weighted by atomic mass is 16.5. The second-order valence-electron chi connectivity index (χ2n) is 7.21. The van der Waals surface area contributed by atoms with Crippen LogP contribution in [-0.4, -0.2) is 19.6 Å². The van der Waals surface area contributed by atoms with Gasteiger partial charge < -0.3 is 14.8 Å². The molecule has 0 saturated heterocycles. The summed E-state index contributed by atoms with van der Waals surface area (Å²) in [5, 5.41) is 11.9. The van der Waals surface area contributed by atoms with Gasteiger partial charge in [-0.2, -0.15) is 5.26 Å². The van der Waals surface area contributed by atoms with Crippen LogP contribution in [0.5, 0.6) is 11.5 Å². The highest BCUT2D eigenvalue weighted by molar-refractivity contribution is 5.76. The van der Waals surface area contributed by atoms with Crippen LogP contribution in [0.3, 0.4) is 0 Å². The van der Waals surface area contributed by atoms with Crippen LogP contribution in [0.25, 0.3) is 0 Å². The number of amides is 1. The molecule has 28 heavy (non-hydrogen) atoms. The Morgan fingerprint density at radius 3 is 2.43 bits per heavy atom. The fourth-order valence-corrected chi connectivity index (χ4v) is 2.73. The molecule has 0 fully saturated rings. The maximum atomic E-state index is 12.3. The van der Waals surface area contributed by atoms with Crippen molar-refractivity contribution in [3.8, 4) is 17.6 Å². The molecule has 1 atom stereocenters. The molecule has 5 heteroatoms. The maximum absolute atomic E-state index is 12.3. The van der Waals surface area contributed by atoms with E-state index in [-0.39, 0.29) is 11.9 Å². The zero-order chi connectivity index (χ0) is 20.5. The summed E-state index contributed by atoms with van der Waals surface area (Å²) in [6, 6.07) is 15.0. The molecule has 0 bridgehead atoms. The van der Waals surface area contributed by atoms with Crippen LogP contribution in [-0.2, 0) is 11.2 Å². The van der Waals surface area contributed by atoms with E-state index in [1.807, 2.05) is 37.3 Å². The van der Waals surface area contributed by atoms with Crippen molar-refractivity contribution < 1.29 is 14.3 Å². The van der Waals surface area contributed by atoms with Crippen molar-refractivity contribution in [2.45, 2.75) is 39.7 Å². The SMILES string of the molecule is COc1cc([C@H](C)NC(=O)CCc2ccc(C#N)cc2)ccc1OCC(C)C. The van der Waals surface area contributed by atoms with Crippen molar-refractivity contribution in [2.75, 3.05) is 13.7 Å². The van der Waals surface area contributed by atoms with Gasteiger partial charge in [0.15, 0.2) is 11.5 Å². The quantitative estimate of drug-likeness (QED) is 0.699. The van der Waals surface area contributed by atoms with Gasteiger partial charge in [0.2, 0.25) is 5.91 Å². The van der Waals surface area contributed by atoms with Gasteiger partial charge in [-0.25, -0.2) is 0 Å². The van der Waals surface area contributed by atoms with Crippen LogP contribution in [0.15, 0.2) is 42.5 Å². The van der Waals surface area contributed by atoms with Crippen LogP contribution in [0.2, 0.25) is 0 Å². The van der Waals surface area contributed by atoms with Crippen LogP contribution >= 0.6 is 0 Å². The van der Waals surface area contributed by atoms with E-state index in [2.05, 4.69) is 25.2 Å². The first kappa shape index (κ1) is 21.3. The molecule has 1 N–H and O–H groups in total. The molecule has 0 radical (unpaired) electrons. The van der Waals surface area contributed by atoms with Gasteiger partial charge in [0, 0.05) is 6.42 Å². The second-order valence-corrected chi connectivity index (χ2v) is 7.21. The summed E-state index contributed by atoms with van der Waals surface area (Å²) in [4.78, 5) is 12.3. The summed E-state index contributed by atoms with van der Waals surface area (Å²) in [7, 11) is 1.61. The molecule has 0 saturated carbocycles. The maximum Gasteiger partial charge on any atom is 0.220 e. The van der Waals surface area contributed by atoms with Crippen LogP contribution in [0.1, 0.15) is 49.9 Å². The van der Waals surface area contributed by atoms with Gasteiger partial charge in [0.1, 0.15) is 0 Å². The molecular formula is C23H28N2O3. The minimum absolute atomic E-state index is 0.0176. The van der Waals surface area contributed by atoms with Crippen molar-refractivity contribution in [3.63, 3.8) is 0 Å². The number of ether oxygens (including phenoxy) is 2. The Morgan fingerprint density at radius 2 is 1.82 bits per heavy atom. The standard InChI is InChI=1S/C23H28N2O3/c1-16(2)15-28-21-11-10-20(13-22(21)27-4)17(3)25-23(26)12-9-18-5-7-19(14-24)8-6-18/h5-8,10-11,13,16-17H,9,12,15H2,1-4H3,(H,25,26)/t17-/m0/s1. The Morgan fingerprint density at radius 1 is 1.11 bits per heavy atom.